The Bertz CT molecular complexity index is 407. The Hall–Kier alpha value is -0.900. The molecule has 1 fully saturated rings. The smallest absolute Gasteiger partial charge is 0.0804 e. The maximum atomic E-state index is 10.3. The normalized spacial score (nSPS) is 23.5. The predicted molar refractivity (Wildman–Crippen MR) is 79.3 cm³/mol. The highest BCUT2D eigenvalue weighted by molar-refractivity contribution is 5.27. The van der Waals surface area contributed by atoms with E-state index >= 15 is 0 Å². The molecule has 0 spiro atoms. The second-order valence-electron chi connectivity index (χ2n) is 5.79. The topological polar surface area (TPSA) is 26.7 Å². The van der Waals surface area contributed by atoms with Gasteiger partial charge in [0.05, 0.1) is 6.10 Å². The van der Waals surface area contributed by atoms with Crippen molar-refractivity contribution >= 4 is 0 Å². The lowest BCUT2D eigenvalue weighted by molar-refractivity contribution is 0.0837. The minimum atomic E-state index is -0.337. The maximum absolute atomic E-state index is 10.3. The van der Waals surface area contributed by atoms with E-state index in [0.29, 0.717) is 6.04 Å². The molecule has 0 aliphatic carbocycles. The van der Waals surface area contributed by atoms with Gasteiger partial charge in [-0.15, -0.1) is 0 Å². The number of nitrogens with zero attached hydrogens (tertiary/aromatic N) is 2. The van der Waals surface area contributed by atoms with Crippen LogP contribution in [0.3, 0.4) is 0 Å². The molecule has 3 heteroatoms. The summed E-state index contributed by atoms with van der Waals surface area (Å²) in [6.45, 7) is 8.66. The van der Waals surface area contributed by atoms with Crippen molar-refractivity contribution in [3.05, 3.63) is 35.4 Å². The summed E-state index contributed by atoms with van der Waals surface area (Å²) in [6, 6.07) is 8.74. The number of aliphatic hydroxyl groups is 1. The molecule has 2 rings (SSSR count). The fourth-order valence-corrected chi connectivity index (χ4v) is 2.75. The first kappa shape index (κ1) is 14.5. The summed E-state index contributed by atoms with van der Waals surface area (Å²) < 4.78 is 0. The fourth-order valence-electron chi connectivity index (χ4n) is 2.75. The average molecular weight is 262 g/mol. The molecule has 0 saturated carbocycles. The van der Waals surface area contributed by atoms with Gasteiger partial charge in [0.1, 0.15) is 0 Å². The third-order valence-corrected chi connectivity index (χ3v) is 4.31. The first-order valence-electron chi connectivity index (χ1n) is 7.24. The van der Waals surface area contributed by atoms with Crippen LogP contribution in [0, 0.1) is 6.92 Å². The fraction of sp³-hybridized carbons (Fsp3) is 0.625. The lowest BCUT2D eigenvalue weighted by atomic mass is 10.0. The van der Waals surface area contributed by atoms with Gasteiger partial charge in [0.15, 0.2) is 0 Å². The van der Waals surface area contributed by atoms with Crippen LogP contribution >= 0.6 is 0 Å². The lowest BCUT2D eigenvalue weighted by Crippen LogP contribution is -2.50. The molecule has 0 bridgehead atoms. The molecule has 106 valence electrons. The van der Waals surface area contributed by atoms with Crippen molar-refractivity contribution in [3.63, 3.8) is 0 Å². The first-order chi connectivity index (χ1) is 9.08. The second-order valence-corrected chi connectivity index (χ2v) is 5.79. The van der Waals surface area contributed by atoms with E-state index in [2.05, 4.69) is 36.8 Å². The average Bonchev–Trinajstić information content (AvgIpc) is 2.40. The molecule has 1 heterocycles. The van der Waals surface area contributed by atoms with Gasteiger partial charge in [-0.2, -0.15) is 0 Å². The van der Waals surface area contributed by atoms with Crippen molar-refractivity contribution in [2.24, 2.45) is 0 Å². The predicted octanol–water partition coefficient (Wildman–Crippen LogP) is 2.05. The number of aryl methyl sites for hydroxylation is 1. The number of likely N-dealkylation sites (N-methyl/N-ethyl adjacent to an activating group) is 1. The van der Waals surface area contributed by atoms with Crippen LogP contribution in [0.4, 0.5) is 0 Å². The van der Waals surface area contributed by atoms with Crippen LogP contribution in [-0.4, -0.2) is 54.2 Å². The van der Waals surface area contributed by atoms with Crippen molar-refractivity contribution in [2.75, 3.05) is 33.2 Å². The quantitative estimate of drug-likeness (QED) is 0.899. The molecule has 1 aromatic carbocycles. The molecule has 1 aliphatic heterocycles. The Morgan fingerprint density at radius 2 is 2.05 bits per heavy atom. The van der Waals surface area contributed by atoms with Crippen LogP contribution in [0.25, 0.3) is 0 Å². The summed E-state index contributed by atoms with van der Waals surface area (Å²) >= 11 is 0. The van der Waals surface area contributed by atoms with Gasteiger partial charge in [0, 0.05) is 32.2 Å². The zero-order valence-electron chi connectivity index (χ0n) is 12.3. The zero-order valence-corrected chi connectivity index (χ0v) is 12.3. The van der Waals surface area contributed by atoms with Crippen molar-refractivity contribution in [1.29, 1.82) is 0 Å². The van der Waals surface area contributed by atoms with E-state index in [-0.39, 0.29) is 6.10 Å². The number of piperazine rings is 1. The first-order valence-corrected chi connectivity index (χ1v) is 7.24. The Kier molecular flexibility index (Phi) is 4.97. The molecule has 19 heavy (non-hydrogen) atoms. The van der Waals surface area contributed by atoms with Gasteiger partial charge in [0.2, 0.25) is 0 Å². The van der Waals surface area contributed by atoms with Crippen LogP contribution in [0.15, 0.2) is 24.3 Å². The highest BCUT2D eigenvalue weighted by Gasteiger charge is 2.21. The van der Waals surface area contributed by atoms with E-state index in [1.165, 1.54) is 5.56 Å². The second kappa shape index (κ2) is 6.51. The number of benzene rings is 1. The zero-order chi connectivity index (χ0) is 13.8. The van der Waals surface area contributed by atoms with Gasteiger partial charge >= 0.3 is 0 Å². The van der Waals surface area contributed by atoms with Crippen molar-refractivity contribution in [2.45, 2.75) is 32.4 Å². The van der Waals surface area contributed by atoms with Crippen LogP contribution in [0.2, 0.25) is 0 Å². The molecule has 1 N–H and O–H groups in total. The summed E-state index contributed by atoms with van der Waals surface area (Å²) in [5, 5.41) is 10.3. The molecular weight excluding hydrogens is 236 g/mol. The summed E-state index contributed by atoms with van der Waals surface area (Å²) in [7, 11) is 2.18. The highest BCUT2D eigenvalue weighted by Crippen LogP contribution is 2.21. The van der Waals surface area contributed by atoms with E-state index in [1.807, 2.05) is 18.2 Å². The lowest BCUT2D eigenvalue weighted by Gasteiger charge is -2.38. The third kappa shape index (κ3) is 3.78. The van der Waals surface area contributed by atoms with Crippen molar-refractivity contribution in [3.8, 4) is 0 Å². The molecule has 0 radical (unpaired) electrons. The summed E-state index contributed by atoms with van der Waals surface area (Å²) in [6.07, 6.45) is 0.484. The van der Waals surface area contributed by atoms with Crippen LogP contribution < -0.4 is 0 Å². The minimum Gasteiger partial charge on any atom is -0.388 e. The summed E-state index contributed by atoms with van der Waals surface area (Å²) in [4.78, 5) is 4.86. The third-order valence-electron chi connectivity index (χ3n) is 4.31. The monoisotopic (exact) mass is 262 g/mol. The number of hydrogen-bond acceptors (Lipinski definition) is 3. The van der Waals surface area contributed by atoms with Crippen molar-refractivity contribution in [1.82, 2.24) is 9.80 Å². The van der Waals surface area contributed by atoms with Crippen LogP contribution in [0.5, 0.6) is 0 Å². The number of aliphatic hydroxyl groups excluding tert-OH is 1. The molecule has 1 saturated heterocycles. The molecule has 1 aliphatic rings. The molecule has 2 atom stereocenters. The van der Waals surface area contributed by atoms with Gasteiger partial charge in [0.25, 0.3) is 0 Å². The van der Waals surface area contributed by atoms with Gasteiger partial charge in [-0.1, -0.05) is 24.3 Å². The molecule has 0 amide bonds. The molecule has 1 aromatic rings. The van der Waals surface area contributed by atoms with Crippen LogP contribution in [-0.2, 0) is 0 Å². The minimum absolute atomic E-state index is 0.337. The van der Waals surface area contributed by atoms with Gasteiger partial charge in [-0.05, 0) is 38.4 Å². The van der Waals surface area contributed by atoms with E-state index in [9.17, 15) is 5.11 Å². The Morgan fingerprint density at radius 3 is 2.74 bits per heavy atom. The van der Waals surface area contributed by atoms with Crippen LogP contribution in [0.1, 0.15) is 30.6 Å². The number of rotatable bonds is 4. The van der Waals surface area contributed by atoms with Gasteiger partial charge in [-0.3, -0.25) is 0 Å². The standard InChI is InChI=1S/C16H26N2O/c1-13-6-4-5-7-15(13)16(19)8-9-18-11-10-17(3)14(2)12-18/h4-7,14,16,19H,8-12H2,1-3H3. The summed E-state index contributed by atoms with van der Waals surface area (Å²) in [5.41, 5.74) is 2.26. The van der Waals surface area contributed by atoms with E-state index < -0.39 is 0 Å². The van der Waals surface area contributed by atoms with E-state index in [4.69, 9.17) is 0 Å². The molecular formula is C16H26N2O. The SMILES string of the molecule is Cc1ccccc1C(O)CCN1CCN(C)C(C)C1. The summed E-state index contributed by atoms with van der Waals surface area (Å²) in [5.74, 6) is 0. The molecule has 2 unspecified atom stereocenters. The Morgan fingerprint density at radius 1 is 1.32 bits per heavy atom. The maximum Gasteiger partial charge on any atom is 0.0804 e. The molecule has 3 nitrogen and oxygen atoms in total. The van der Waals surface area contributed by atoms with Gasteiger partial charge < -0.3 is 14.9 Å². The molecule has 0 aromatic heterocycles. The van der Waals surface area contributed by atoms with E-state index in [1.54, 1.807) is 0 Å². The Labute approximate surface area is 116 Å². The van der Waals surface area contributed by atoms with E-state index in [0.717, 1.165) is 38.2 Å². The van der Waals surface area contributed by atoms with Crippen molar-refractivity contribution < 1.29 is 5.11 Å². The largest absolute Gasteiger partial charge is 0.388 e. The highest BCUT2D eigenvalue weighted by atomic mass is 16.3. The Balaban J connectivity index is 1.84. The number of hydrogen-bond donors (Lipinski definition) is 1. The van der Waals surface area contributed by atoms with Gasteiger partial charge in [-0.25, -0.2) is 0 Å².